The van der Waals surface area contributed by atoms with Gasteiger partial charge in [-0.05, 0) is 73.0 Å². The first-order valence-electron chi connectivity index (χ1n) is 9.95. The van der Waals surface area contributed by atoms with E-state index in [1.807, 2.05) is 19.9 Å². The van der Waals surface area contributed by atoms with Crippen molar-refractivity contribution in [3.8, 4) is 5.75 Å². The van der Waals surface area contributed by atoms with E-state index in [9.17, 15) is 14.7 Å². The van der Waals surface area contributed by atoms with E-state index in [1.54, 1.807) is 54.9 Å². The predicted molar refractivity (Wildman–Crippen MR) is 126 cm³/mol. The number of aliphatic hydroxyl groups is 1. The molecule has 1 fully saturated rings. The van der Waals surface area contributed by atoms with Crippen LogP contribution in [-0.2, 0) is 9.59 Å². The van der Waals surface area contributed by atoms with E-state index >= 15 is 0 Å². The van der Waals surface area contributed by atoms with Crippen molar-refractivity contribution in [1.82, 2.24) is 4.98 Å². The molecule has 1 aliphatic heterocycles. The summed E-state index contributed by atoms with van der Waals surface area (Å²) in [7, 11) is 1.51. The molecule has 3 aromatic rings. The number of ether oxygens (including phenoxy) is 1. The Bertz CT molecular complexity index is 1240. The highest BCUT2D eigenvalue weighted by molar-refractivity contribution is 9.10. The number of nitrogens with zero attached hydrogens (tertiary/aromatic N) is 2. The van der Waals surface area contributed by atoms with Crippen LogP contribution in [-0.4, -0.2) is 28.9 Å². The van der Waals surface area contributed by atoms with Crippen molar-refractivity contribution in [2.75, 3.05) is 12.0 Å². The average molecular weight is 493 g/mol. The van der Waals surface area contributed by atoms with Crippen molar-refractivity contribution in [3.05, 3.63) is 93.2 Å². The quantitative estimate of drug-likeness (QED) is 0.311. The molecule has 1 N–H and O–H groups in total. The Balaban J connectivity index is 1.99. The highest BCUT2D eigenvalue weighted by Gasteiger charge is 2.47. The Morgan fingerprint density at radius 2 is 1.72 bits per heavy atom. The van der Waals surface area contributed by atoms with Crippen LogP contribution in [0.4, 0.5) is 5.69 Å². The second kappa shape index (κ2) is 8.59. The lowest BCUT2D eigenvalue weighted by Gasteiger charge is -2.25. The summed E-state index contributed by atoms with van der Waals surface area (Å²) in [6, 6.07) is 13.4. The molecule has 1 saturated heterocycles. The van der Waals surface area contributed by atoms with E-state index in [0.29, 0.717) is 22.6 Å². The highest BCUT2D eigenvalue weighted by Crippen LogP contribution is 2.43. The monoisotopic (exact) mass is 492 g/mol. The summed E-state index contributed by atoms with van der Waals surface area (Å²) in [4.78, 5) is 31.9. The molecule has 2 aromatic carbocycles. The van der Waals surface area contributed by atoms with Gasteiger partial charge in [-0.2, -0.15) is 0 Å². The van der Waals surface area contributed by atoms with Crippen molar-refractivity contribution < 1.29 is 19.4 Å². The number of carbonyl (C=O) groups is 2. The minimum Gasteiger partial charge on any atom is -0.507 e. The number of benzene rings is 2. The minimum atomic E-state index is -0.815. The summed E-state index contributed by atoms with van der Waals surface area (Å²) >= 11 is 3.39. The number of methoxy groups -OCH3 is 1. The van der Waals surface area contributed by atoms with Gasteiger partial charge in [0.05, 0.1) is 24.3 Å². The first-order valence-corrected chi connectivity index (χ1v) is 10.7. The second-order valence-electron chi connectivity index (χ2n) is 7.59. The van der Waals surface area contributed by atoms with Crippen LogP contribution in [0.2, 0.25) is 0 Å². The zero-order valence-corrected chi connectivity index (χ0v) is 19.4. The number of aliphatic hydroxyl groups excluding tert-OH is 1. The number of hydrogen-bond donors (Lipinski definition) is 1. The first kappa shape index (κ1) is 21.8. The number of pyridine rings is 1. The lowest BCUT2D eigenvalue weighted by Crippen LogP contribution is -2.29. The molecule has 1 unspecified atom stereocenters. The van der Waals surface area contributed by atoms with Gasteiger partial charge in [-0.15, -0.1) is 0 Å². The van der Waals surface area contributed by atoms with Crippen molar-refractivity contribution in [1.29, 1.82) is 0 Å². The number of aryl methyl sites for hydroxylation is 2. The molecule has 1 atom stereocenters. The maximum Gasteiger partial charge on any atom is 0.300 e. The van der Waals surface area contributed by atoms with Crippen molar-refractivity contribution in [2.24, 2.45) is 0 Å². The number of amides is 1. The van der Waals surface area contributed by atoms with Crippen LogP contribution in [0.5, 0.6) is 5.75 Å². The van der Waals surface area contributed by atoms with Crippen LogP contribution >= 0.6 is 15.9 Å². The Morgan fingerprint density at radius 1 is 1.06 bits per heavy atom. The Morgan fingerprint density at radius 3 is 2.34 bits per heavy atom. The normalized spacial score (nSPS) is 17.6. The summed E-state index contributed by atoms with van der Waals surface area (Å²) < 4.78 is 6.37. The number of halogens is 1. The molecule has 1 aliphatic rings. The smallest absolute Gasteiger partial charge is 0.300 e. The van der Waals surface area contributed by atoms with Crippen molar-refractivity contribution >= 4 is 39.1 Å². The van der Waals surface area contributed by atoms with E-state index in [4.69, 9.17) is 4.74 Å². The van der Waals surface area contributed by atoms with Gasteiger partial charge in [0, 0.05) is 22.6 Å². The molecule has 7 heteroatoms. The molecule has 6 nitrogen and oxygen atoms in total. The maximum absolute atomic E-state index is 13.2. The van der Waals surface area contributed by atoms with Crippen molar-refractivity contribution in [3.63, 3.8) is 0 Å². The van der Waals surface area contributed by atoms with Gasteiger partial charge in [-0.3, -0.25) is 19.5 Å². The number of hydrogen-bond acceptors (Lipinski definition) is 5. The fourth-order valence-electron chi connectivity index (χ4n) is 4.11. The summed E-state index contributed by atoms with van der Waals surface area (Å²) in [5, 5.41) is 11.4. The summed E-state index contributed by atoms with van der Waals surface area (Å²) in [5.41, 5.74) is 3.30. The van der Waals surface area contributed by atoms with Gasteiger partial charge in [-0.25, -0.2) is 0 Å². The van der Waals surface area contributed by atoms with Crippen LogP contribution in [0.15, 0.2) is 71.0 Å². The topological polar surface area (TPSA) is 79.7 Å². The van der Waals surface area contributed by atoms with E-state index in [1.165, 1.54) is 12.0 Å². The van der Waals surface area contributed by atoms with Crippen LogP contribution in [0.3, 0.4) is 0 Å². The molecule has 0 aliphatic carbocycles. The van der Waals surface area contributed by atoms with Crippen LogP contribution in [0, 0.1) is 13.8 Å². The predicted octanol–water partition coefficient (Wildman–Crippen LogP) is 5.10. The van der Waals surface area contributed by atoms with Gasteiger partial charge >= 0.3 is 0 Å². The average Bonchev–Trinajstić information content (AvgIpc) is 3.04. The van der Waals surface area contributed by atoms with Gasteiger partial charge in [0.1, 0.15) is 11.5 Å². The van der Waals surface area contributed by atoms with Crippen LogP contribution in [0.25, 0.3) is 5.76 Å². The third-order valence-corrected chi connectivity index (χ3v) is 5.98. The SMILES string of the molecule is COc1c(C)cc(C)cc1/C(O)=C1\C(=O)C(=O)N(c2ccc(Br)cc2)C1c1ccncc1. The van der Waals surface area contributed by atoms with Gasteiger partial charge in [0.2, 0.25) is 0 Å². The molecule has 32 heavy (non-hydrogen) atoms. The van der Waals surface area contributed by atoms with Gasteiger partial charge in [-0.1, -0.05) is 22.0 Å². The van der Waals surface area contributed by atoms with Crippen LogP contribution in [0.1, 0.15) is 28.3 Å². The lowest BCUT2D eigenvalue weighted by molar-refractivity contribution is -0.132. The van der Waals surface area contributed by atoms with E-state index in [-0.39, 0.29) is 11.3 Å². The van der Waals surface area contributed by atoms with Gasteiger partial charge in [0.25, 0.3) is 11.7 Å². The third-order valence-electron chi connectivity index (χ3n) is 5.45. The highest BCUT2D eigenvalue weighted by atomic mass is 79.9. The van der Waals surface area contributed by atoms with Gasteiger partial charge < -0.3 is 9.84 Å². The number of anilines is 1. The number of rotatable bonds is 4. The standard InChI is InChI=1S/C25H21BrN2O4/c1-14-12-15(2)24(32-3)19(13-14)22(29)20-21(16-8-10-27-11-9-16)28(25(31)23(20)30)18-6-4-17(26)5-7-18/h4-13,21,29H,1-3H3/b22-20+. The zero-order chi connectivity index (χ0) is 23.0. The number of ketones is 1. The number of aromatic nitrogens is 1. The Labute approximate surface area is 194 Å². The summed E-state index contributed by atoms with van der Waals surface area (Å²) in [5.74, 6) is -1.28. The molecule has 0 saturated carbocycles. The second-order valence-corrected chi connectivity index (χ2v) is 8.50. The van der Waals surface area contributed by atoms with E-state index in [0.717, 1.165) is 15.6 Å². The minimum absolute atomic E-state index is 0.00687. The molecule has 0 spiro atoms. The number of Topliss-reactive ketones (excluding diaryl/α,β-unsaturated/α-hetero) is 1. The molecule has 162 valence electrons. The third kappa shape index (κ3) is 3.69. The molecule has 4 rings (SSSR count). The Hall–Kier alpha value is -3.45. The summed E-state index contributed by atoms with van der Waals surface area (Å²) in [6.07, 6.45) is 3.18. The zero-order valence-electron chi connectivity index (χ0n) is 17.8. The molecular formula is C25H21BrN2O4. The van der Waals surface area contributed by atoms with Crippen LogP contribution < -0.4 is 9.64 Å². The molecule has 1 aromatic heterocycles. The molecular weight excluding hydrogens is 472 g/mol. The first-order chi connectivity index (χ1) is 15.3. The molecule has 2 heterocycles. The largest absolute Gasteiger partial charge is 0.507 e. The number of carbonyl (C=O) groups excluding carboxylic acids is 2. The summed E-state index contributed by atoms with van der Waals surface area (Å²) in [6.45, 7) is 3.76. The van der Waals surface area contributed by atoms with E-state index < -0.39 is 17.7 Å². The molecule has 0 radical (unpaired) electrons. The van der Waals surface area contributed by atoms with Gasteiger partial charge in [0.15, 0.2) is 0 Å². The molecule has 1 amide bonds. The maximum atomic E-state index is 13.2. The van der Waals surface area contributed by atoms with Crippen molar-refractivity contribution in [2.45, 2.75) is 19.9 Å². The fourth-order valence-corrected chi connectivity index (χ4v) is 4.37. The lowest BCUT2D eigenvalue weighted by atomic mass is 9.94. The fraction of sp³-hybridized carbons (Fsp3) is 0.160. The van der Waals surface area contributed by atoms with E-state index in [2.05, 4.69) is 20.9 Å². The Kier molecular flexibility index (Phi) is 5.84. The molecule has 0 bridgehead atoms.